The average Bonchev–Trinajstić information content (AvgIpc) is 3.45. The number of carbonyl (C=O) groups excluding carboxylic acids is 3. The second kappa shape index (κ2) is 10.9. The maximum atomic E-state index is 13.4. The molecule has 0 radical (unpaired) electrons. The van der Waals surface area contributed by atoms with Crippen LogP contribution in [0.15, 0.2) is 54.7 Å². The molecule has 2 heterocycles. The Labute approximate surface area is 218 Å². The normalized spacial score (nSPS) is 11.1. The number of anilines is 1. The molecule has 4 aromatic rings. The van der Waals surface area contributed by atoms with Crippen LogP contribution in [-0.4, -0.2) is 45.8 Å². The van der Waals surface area contributed by atoms with E-state index in [-0.39, 0.29) is 18.4 Å². The first kappa shape index (κ1) is 26.0. The smallest absolute Gasteiger partial charge is 0.310 e. The van der Waals surface area contributed by atoms with Crippen LogP contribution in [0.2, 0.25) is 5.02 Å². The van der Waals surface area contributed by atoms with E-state index in [1.165, 1.54) is 0 Å². The van der Waals surface area contributed by atoms with Gasteiger partial charge in [-0.3, -0.25) is 19.0 Å². The molecule has 0 spiro atoms. The first-order chi connectivity index (χ1) is 17.7. The second-order valence-corrected chi connectivity index (χ2v) is 9.17. The highest BCUT2D eigenvalue weighted by Crippen LogP contribution is 2.31. The highest BCUT2D eigenvalue weighted by Gasteiger charge is 2.23. The van der Waals surface area contributed by atoms with E-state index in [1.54, 1.807) is 78.0 Å². The van der Waals surface area contributed by atoms with Crippen molar-refractivity contribution >= 4 is 46.1 Å². The van der Waals surface area contributed by atoms with Gasteiger partial charge in [0, 0.05) is 33.8 Å². The number of esters is 1. The van der Waals surface area contributed by atoms with E-state index < -0.39 is 18.5 Å². The number of methoxy groups -OCH3 is 1. The van der Waals surface area contributed by atoms with Gasteiger partial charge in [0.2, 0.25) is 0 Å². The molecule has 2 aromatic heterocycles. The molecule has 0 aliphatic heterocycles. The molecule has 2 aromatic carbocycles. The van der Waals surface area contributed by atoms with E-state index in [2.05, 4.69) is 10.4 Å². The Balaban J connectivity index is 1.56. The van der Waals surface area contributed by atoms with Crippen LogP contribution >= 0.6 is 11.6 Å². The fourth-order valence-electron chi connectivity index (χ4n) is 4.14. The highest BCUT2D eigenvalue weighted by molar-refractivity contribution is 6.30. The lowest BCUT2D eigenvalue weighted by Crippen LogP contribution is -2.23. The van der Waals surface area contributed by atoms with Gasteiger partial charge in [-0.15, -0.1) is 0 Å². The van der Waals surface area contributed by atoms with E-state index in [4.69, 9.17) is 21.1 Å². The van der Waals surface area contributed by atoms with Crippen molar-refractivity contribution < 1.29 is 23.9 Å². The Morgan fingerprint density at radius 2 is 1.81 bits per heavy atom. The number of aromatic nitrogens is 3. The molecular weight excluding hydrogens is 496 g/mol. The van der Waals surface area contributed by atoms with Crippen molar-refractivity contribution in [1.82, 2.24) is 14.3 Å². The van der Waals surface area contributed by atoms with Crippen LogP contribution < -0.4 is 10.1 Å². The van der Waals surface area contributed by atoms with Gasteiger partial charge < -0.3 is 14.8 Å². The fraction of sp³-hybridized carbons (Fsp3) is 0.259. The lowest BCUT2D eigenvalue weighted by atomic mass is 10.1. The third-order valence-electron chi connectivity index (χ3n) is 5.95. The van der Waals surface area contributed by atoms with E-state index in [0.717, 1.165) is 0 Å². The minimum Gasteiger partial charge on any atom is -0.497 e. The number of hydrogen-bond acceptors (Lipinski definition) is 6. The van der Waals surface area contributed by atoms with E-state index in [9.17, 15) is 14.4 Å². The van der Waals surface area contributed by atoms with Crippen LogP contribution in [0.5, 0.6) is 5.75 Å². The summed E-state index contributed by atoms with van der Waals surface area (Å²) in [5.74, 6) is -0.238. The summed E-state index contributed by atoms with van der Waals surface area (Å²) in [6.07, 6.45) is 1.45. The lowest BCUT2D eigenvalue weighted by molar-refractivity contribution is -0.146. The van der Waals surface area contributed by atoms with Gasteiger partial charge in [0.1, 0.15) is 11.6 Å². The zero-order valence-corrected chi connectivity index (χ0v) is 21.7. The molecule has 0 saturated carbocycles. The van der Waals surface area contributed by atoms with Crippen LogP contribution in [0, 0.1) is 6.92 Å². The molecule has 0 aliphatic rings. The molecule has 10 heteroatoms. The van der Waals surface area contributed by atoms with Crippen LogP contribution in [0.25, 0.3) is 10.9 Å². The van der Waals surface area contributed by atoms with Crippen molar-refractivity contribution in [2.24, 2.45) is 0 Å². The van der Waals surface area contributed by atoms with Gasteiger partial charge in [-0.2, -0.15) is 5.10 Å². The number of nitrogens with zero attached hydrogens (tertiary/aromatic N) is 3. The van der Waals surface area contributed by atoms with Gasteiger partial charge in [0.25, 0.3) is 11.8 Å². The summed E-state index contributed by atoms with van der Waals surface area (Å²) in [4.78, 5) is 38.5. The quantitative estimate of drug-likeness (QED) is 0.333. The van der Waals surface area contributed by atoms with Crippen LogP contribution in [0.4, 0.5) is 5.82 Å². The number of fused-ring (bicyclic) bond motifs is 1. The van der Waals surface area contributed by atoms with Crippen LogP contribution in [-0.2, 0) is 20.7 Å². The zero-order chi connectivity index (χ0) is 26.7. The van der Waals surface area contributed by atoms with Gasteiger partial charge in [-0.1, -0.05) is 11.6 Å². The van der Waals surface area contributed by atoms with Crippen molar-refractivity contribution in [3.05, 3.63) is 76.6 Å². The molecule has 0 aliphatic carbocycles. The Morgan fingerprint density at radius 1 is 1.08 bits per heavy atom. The maximum Gasteiger partial charge on any atom is 0.310 e. The molecular formula is C27H27ClN4O5. The minimum atomic E-state index is -0.601. The Morgan fingerprint density at radius 3 is 2.49 bits per heavy atom. The van der Waals surface area contributed by atoms with E-state index >= 15 is 0 Å². The number of benzene rings is 2. The van der Waals surface area contributed by atoms with Gasteiger partial charge in [0.05, 0.1) is 25.2 Å². The topological polar surface area (TPSA) is 104 Å². The Hall–Kier alpha value is -4.11. The number of ether oxygens (including phenoxy) is 2. The first-order valence-corrected chi connectivity index (χ1v) is 12.0. The zero-order valence-electron chi connectivity index (χ0n) is 20.9. The highest BCUT2D eigenvalue weighted by atomic mass is 35.5. The van der Waals surface area contributed by atoms with Crippen LogP contribution in [0.3, 0.4) is 0 Å². The molecule has 1 N–H and O–H groups in total. The Bertz CT molecular complexity index is 1470. The van der Waals surface area contributed by atoms with Crippen molar-refractivity contribution in [2.45, 2.75) is 33.2 Å². The monoisotopic (exact) mass is 522 g/mol. The largest absolute Gasteiger partial charge is 0.497 e. The molecule has 0 fully saturated rings. The SMILES string of the molecule is COc1ccc2c(c1)c(CC(=O)OCC(=O)Nc1ccnn1C(C)C)c(C)n2C(=O)c1ccc(Cl)cc1. The number of rotatable bonds is 8. The van der Waals surface area contributed by atoms with Gasteiger partial charge in [0.15, 0.2) is 6.61 Å². The molecule has 192 valence electrons. The molecule has 0 unspecified atom stereocenters. The van der Waals surface area contributed by atoms with Gasteiger partial charge in [-0.25, -0.2) is 4.68 Å². The maximum absolute atomic E-state index is 13.4. The fourth-order valence-corrected chi connectivity index (χ4v) is 4.27. The summed E-state index contributed by atoms with van der Waals surface area (Å²) >= 11 is 5.98. The number of nitrogens with one attached hydrogen (secondary N) is 1. The molecule has 0 saturated heterocycles. The van der Waals surface area contributed by atoms with Gasteiger partial charge >= 0.3 is 5.97 Å². The number of halogens is 1. The first-order valence-electron chi connectivity index (χ1n) is 11.7. The second-order valence-electron chi connectivity index (χ2n) is 8.73. The standard InChI is InChI=1S/C27H27ClN4O5/c1-16(2)32-24(11-12-29-32)30-25(33)15-37-26(34)14-21-17(3)31(23-10-9-20(36-4)13-22(21)23)27(35)18-5-7-19(28)8-6-18/h5-13,16H,14-15H2,1-4H3,(H,30,33). The van der Waals surface area contributed by atoms with Crippen molar-refractivity contribution in [1.29, 1.82) is 0 Å². The number of carbonyl (C=O) groups is 3. The molecule has 37 heavy (non-hydrogen) atoms. The number of amides is 1. The average molecular weight is 523 g/mol. The molecule has 0 atom stereocenters. The molecule has 0 bridgehead atoms. The number of hydrogen-bond donors (Lipinski definition) is 1. The summed E-state index contributed by atoms with van der Waals surface area (Å²) in [6.45, 7) is 5.19. The van der Waals surface area contributed by atoms with Crippen molar-refractivity contribution in [2.75, 3.05) is 19.0 Å². The summed E-state index contributed by atoms with van der Waals surface area (Å²) in [7, 11) is 1.54. The van der Waals surface area contributed by atoms with E-state index in [1.807, 2.05) is 13.8 Å². The minimum absolute atomic E-state index is 0.0562. The third-order valence-corrected chi connectivity index (χ3v) is 6.20. The van der Waals surface area contributed by atoms with E-state index in [0.29, 0.717) is 44.3 Å². The van der Waals surface area contributed by atoms with Crippen molar-refractivity contribution in [3.63, 3.8) is 0 Å². The lowest BCUT2D eigenvalue weighted by Gasteiger charge is -2.12. The van der Waals surface area contributed by atoms with Gasteiger partial charge in [-0.05, 0) is 68.8 Å². The molecule has 4 rings (SSSR count). The summed E-state index contributed by atoms with van der Waals surface area (Å²) in [6, 6.07) is 13.6. The third kappa shape index (κ3) is 5.51. The van der Waals surface area contributed by atoms with Crippen LogP contribution in [0.1, 0.15) is 41.5 Å². The molecule has 1 amide bonds. The Kier molecular flexibility index (Phi) is 7.63. The predicted molar refractivity (Wildman–Crippen MR) is 140 cm³/mol. The molecule has 9 nitrogen and oxygen atoms in total. The summed E-state index contributed by atoms with van der Waals surface area (Å²) in [5.41, 5.74) is 2.28. The van der Waals surface area contributed by atoms with Crippen molar-refractivity contribution in [3.8, 4) is 5.75 Å². The summed E-state index contributed by atoms with van der Waals surface area (Å²) in [5, 5.41) is 8.07. The summed E-state index contributed by atoms with van der Waals surface area (Å²) < 4.78 is 13.8. The predicted octanol–water partition coefficient (Wildman–Crippen LogP) is 4.80.